The van der Waals surface area contributed by atoms with Crippen LogP contribution in [0.3, 0.4) is 0 Å². The van der Waals surface area contributed by atoms with Gasteiger partial charge in [-0.15, -0.1) is 0 Å². The molecule has 0 saturated heterocycles. The van der Waals surface area contributed by atoms with Crippen molar-refractivity contribution in [3.05, 3.63) is 48.2 Å². The summed E-state index contributed by atoms with van der Waals surface area (Å²) in [6.07, 6.45) is 1.70. The monoisotopic (exact) mass is 274 g/mol. The maximum Gasteiger partial charge on any atom is 0.166 e. The number of H-pyrrole nitrogens is 1. The summed E-state index contributed by atoms with van der Waals surface area (Å²) in [6.45, 7) is 0. The van der Waals surface area contributed by atoms with Crippen molar-refractivity contribution >= 4 is 28.6 Å². The van der Waals surface area contributed by atoms with Gasteiger partial charge in [-0.1, -0.05) is 30.0 Å². The van der Waals surface area contributed by atoms with Crippen LogP contribution in [0.4, 0.5) is 5.82 Å². The van der Waals surface area contributed by atoms with Gasteiger partial charge in [-0.2, -0.15) is 0 Å². The fourth-order valence-electron chi connectivity index (χ4n) is 1.72. The molecule has 3 rings (SSSR count). The Morgan fingerprint density at radius 2 is 2.00 bits per heavy atom. The van der Waals surface area contributed by atoms with E-state index >= 15 is 0 Å². The van der Waals surface area contributed by atoms with Gasteiger partial charge in [0.25, 0.3) is 0 Å². The number of aromatic amines is 1. The minimum absolute atomic E-state index is 0. The van der Waals surface area contributed by atoms with Gasteiger partial charge in [-0.05, 0) is 18.2 Å². The highest BCUT2D eigenvalue weighted by atomic mass is 32.2. The zero-order chi connectivity index (χ0) is 12.4. The first kappa shape index (κ1) is 13.4. The molecule has 98 valence electrons. The molecule has 0 unspecified atom stereocenters. The van der Waals surface area contributed by atoms with Gasteiger partial charge in [0.2, 0.25) is 0 Å². The van der Waals surface area contributed by atoms with Crippen LogP contribution in [0, 0.1) is 0 Å². The molecule has 0 aliphatic carbocycles. The van der Waals surface area contributed by atoms with E-state index in [1.54, 1.807) is 18.0 Å². The number of nitrogens with zero attached hydrogens (tertiary/aromatic N) is 2. The number of hydrogen-bond acceptors (Lipinski definition) is 4. The van der Waals surface area contributed by atoms with Crippen molar-refractivity contribution in [2.75, 3.05) is 5.73 Å². The Balaban J connectivity index is 0.00000133. The first-order chi connectivity index (χ1) is 8.83. The highest BCUT2D eigenvalue weighted by Gasteiger charge is 2.05. The average molecular weight is 274 g/mol. The third kappa shape index (κ3) is 2.86. The predicted molar refractivity (Wildman–Crippen MR) is 77.9 cm³/mol. The summed E-state index contributed by atoms with van der Waals surface area (Å²) >= 11 is 1.63. The summed E-state index contributed by atoms with van der Waals surface area (Å²) in [5.41, 5.74) is 8.88. The van der Waals surface area contributed by atoms with Crippen molar-refractivity contribution in [2.45, 2.75) is 10.9 Å². The molecule has 0 saturated carbocycles. The molecule has 5 nitrogen and oxygen atoms in total. The van der Waals surface area contributed by atoms with Gasteiger partial charge in [-0.25, -0.2) is 9.97 Å². The van der Waals surface area contributed by atoms with Crippen LogP contribution in [0.15, 0.2) is 47.8 Å². The van der Waals surface area contributed by atoms with E-state index < -0.39 is 0 Å². The van der Waals surface area contributed by atoms with Gasteiger partial charge in [0.1, 0.15) is 5.82 Å². The Morgan fingerprint density at radius 1 is 1.16 bits per heavy atom. The van der Waals surface area contributed by atoms with Crippen molar-refractivity contribution in [2.24, 2.45) is 0 Å². The first-order valence-corrected chi connectivity index (χ1v) is 6.58. The van der Waals surface area contributed by atoms with E-state index in [0.717, 1.165) is 27.5 Å². The number of hydrogen-bond donors (Lipinski definition) is 2. The Bertz CT molecular complexity index is 650. The minimum Gasteiger partial charge on any atom is -0.412 e. The third-order valence-electron chi connectivity index (χ3n) is 2.66. The molecule has 19 heavy (non-hydrogen) atoms. The van der Waals surface area contributed by atoms with Crippen LogP contribution < -0.4 is 5.73 Å². The summed E-state index contributed by atoms with van der Waals surface area (Å²) in [6, 6.07) is 11.9. The average Bonchev–Trinajstić information content (AvgIpc) is 2.80. The van der Waals surface area contributed by atoms with E-state index in [1.807, 2.05) is 36.4 Å². The number of thioether (sulfide) groups is 1. The van der Waals surface area contributed by atoms with Crippen LogP contribution in [-0.4, -0.2) is 20.4 Å². The number of imidazole rings is 1. The number of aromatic nitrogens is 3. The van der Waals surface area contributed by atoms with E-state index in [9.17, 15) is 0 Å². The van der Waals surface area contributed by atoms with Crippen LogP contribution in [0.2, 0.25) is 0 Å². The fourth-order valence-corrected chi connectivity index (χ4v) is 2.60. The molecule has 5 N–H and O–H groups in total. The molecule has 0 bridgehead atoms. The largest absolute Gasteiger partial charge is 0.412 e. The van der Waals surface area contributed by atoms with Gasteiger partial charge >= 0.3 is 0 Å². The third-order valence-corrected chi connectivity index (χ3v) is 3.58. The lowest BCUT2D eigenvalue weighted by Gasteiger charge is -2.01. The highest BCUT2D eigenvalue weighted by molar-refractivity contribution is 7.98. The molecule has 2 aromatic heterocycles. The topological polar surface area (TPSA) is 99.1 Å². The number of anilines is 1. The van der Waals surface area contributed by atoms with Crippen molar-refractivity contribution < 1.29 is 5.48 Å². The number of nitrogens with two attached hydrogens (primary N) is 1. The van der Waals surface area contributed by atoms with E-state index in [1.165, 1.54) is 0 Å². The van der Waals surface area contributed by atoms with Crippen LogP contribution in [0.25, 0.3) is 11.0 Å². The van der Waals surface area contributed by atoms with Crippen LogP contribution >= 0.6 is 11.8 Å². The Morgan fingerprint density at radius 3 is 2.79 bits per heavy atom. The molecule has 0 aliphatic heterocycles. The Hall–Kier alpha value is -2.05. The number of rotatable bonds is 3. The molecule has 3 aromatic rings. The first-order valence-electron chi connectivity index (χ1n) is 5.60. The van der Waals surface area contributed by atoms with Crippen molar-refractivity contribution in [1.82, 2.24) is 15.0 Å². The van der Waals surface area contributed by atoms with Gasteiger partial charge in [-0.3, -0.25) is 0 Å². The van der Waals surface area contributed by atoms with E-state index in [0.29, 0.717) is 5.82 Å². The van der Waals surface area contributed by atoms with Crippen molar-refractivity contribution in [1.29, 1.82) is 0 Å². The number of pyridine rings is 1. The lowest BCUT2D eigenvalue weighted by atomic mass is 10.3. The van der Waals surface area contributed by atoms with Crippen LogP contribution in [0.5, 0.6) is 0 Å². The molecule has 0 atom stereocenters. The molecule has 0 fully saturated rings. The second kappa shape index (κ2) is 5.73. The van der Waals surface area contributed by atoms with Gasteiger partial charge in [0.15, 0.2) is 5.16 Å². The van der Waals surface area contributed by atoms with Crippen LogP contribution in [-0.2, 0) is 5.75 Å². The summed E-state index contributed by atoms with van der Waals surface area (Å²) in [5.74, 6) is 1.35. The number of nitrogen functional groups attached to an aromatic ring is 1. The molecule has 6 heteroatoms. The predicted octanol–water partition coefficient (Wildman–Crippen LogP) is 2.01. The lowest BCUT2D eigenvalue weighted by Crippen LogP contribution is -1.95. The molecular formula is C13H14N4OS. The minimum atomic E-state index is 0. The van der Waals surface area contributed by atoms with Crippen molar-refractivity contribution in [3.63, 3.8) is 0 Å². The second-order valence-corrected chi connectivity index (χ2v) is 4.86. The Labute approximate surface area is 114 Å². The van der Waals surface area contributed by atoms with E-state index in [-0.39, 0.29) is 5.48 Å². The van der Waals surface area contributed by atoms with Crippen molar-refractivity contribution in [3.8, 4) is 0 Å². The molecule has 0 amide bonds. The summed E-state index contributed by atoms with van der Waals surface area (Å²) < 4.78 is 0. The van der Waals surface area contributed by atoms with Gasteiger partial charge in [0, 0.05) is 17.5 Å². The Kier molecular flexibility index (Phi) is 4.03. The SMILES string of the molecule is Nc1ncccc1CSc1nc2ccccc2[nH]1.O. The quantitative estimate of drug-likeness (QED) is 0.713. The normalized spacial score (nSPS) is 10.3. The molecule has 0 radical (unpaired) electrons. The maximum atomic E-state index is 5.80. The molecule has 2 heterocycles. The zero-order valence-electron chi connectivity index (χ0n) is 10.1. The number of fused-ring (bicyclic) bond motifs is 1. The van der Waals surface area contributed by atoms with E-state index in [4.69, 9.17) is 5.73 Å². The highest BCUT2D eigenvalue weighted by Crippen LogP contribution is 2.24. The maximum absolute atomic E-state index is 5.80. The standard InChI is InChI=1S/C13H12N4S.H2O/c14-12-9(4-3-7-15-12)8-18-13-16-10-5-1-2-6-11(10)17-13;/h1-7H,8H2,(H2,14,15)(H,16,17);1H2. The number of nitrogens with one attached hydrogen (secondary N) is 1. The molecule has 1 aromatic carbocycles. The smallest absolute Gasteiger partial charge is 0.166 e. The summed E-state index contributed by atoms with van der Waals surface area (Å²) in [7, 11) is 0. The fraction of sp³-hybridized carbons (Fsp3) is 0.0769. The van der Waals surface area contributed by atoms with Gasteiger partial charge < -0.3 is 16.2 Å². The number of para-hydroxylation sites is 2. The molecular weight excluding hydrogens is 260 g/mol. The molecule has 0 aliphatic rings. The summed E-state index contributed by atoms with van der Waals surface area (Å²) in [4.78, 5) is 11.8. The van der Waals surface area contributed by atoms with E-state index in [2.05, 4.69) is 15.0 Å². The lowest BCUT2D eigenvalue weighted by molar-refractivity contribution is 0.824. The summed E-state index contributed by atoms with van der Waals surface area (Å²) in [5, 5.41) is 0.902. The zero-order valence-corrected chi connectivity index (χ0v) is 10.9. The second-order valence-electron chi connectivity index (χ2n) is 3.90. The molecule has 0 spiro atoms. The van der Waals surface area contributed by atoms with Crippen LogP contribution in [0.1, 0.15) is 5.56 Å². The number of benzene rings is 1. The van der Waals surface area contributed by atoms with Gasteiger partial charge in [0.05, 0.1) is 11.0 Å².